The van der Waals surface area contributed by atoms with Crippen LogP contribution in [-0.4, -0.2) is 0 Å². The van der Waals surface area contributed by atoms with Crippen LogP contribution in [0, 0.1) is 0 Å². The minimum Gasteiger partial charge on any atom is -0.0917 e. The van der Waals surface area contributed by atoms with Gasteiger partial charge in [0, 0.05) is 0 Å². The lowest BCUT2D eigenvalue weighted by atomic mass is 10.1. The lowest BCUT2D eigenvalue weighted by Gasteiger charge is -1.96. The molecule has 0 amide bonds. The molecule has 0 aliphatic rings. The van der Waals surface area contributed by atoms with E-state index >= 15 is 0 Å². The van der Waals surface area contributed by atoms with Crippen LogP contribution in [0.25, 0.3) is 0 Å². The second kappa shape index (κ2) is 7.33. The van der Waals surface area contributed by atoms with Crippen LogP contribution < -0.4 is 0 Å². The topological polar surface area (TPSA) is 0 Å². The van der Waals surface area contributed by atoms with Crippen molar-refractivity contribution in [2.75, 3.05) is 0 Å². The monoisotopic (exact) mass is 150 g/mol. The molecule has 0 spiro atoms. The fourth-order valence-electron chi connectivity index (χ4n) is 0.955. The maximum atomic E-state index is 2.20. The number of hydrogen-bond acceptors (Lipinski definition) is 0. The molecule has 0 aliphatic heterocycles. The maximum absolute atomic E-state index is 2.20. The first-order chi connectivity index (χ1) is 5.35. The van der Waals surface area contributed by atoms with E-state index in [1.165, 1.54) is 5.57 Å². The fourth-order valence-corrected chi connectivity index (χ4v) is 0.955. The zero-order chi connectivity index (χ0) is 8.53. The van der Waals surface area contributed by atoms with Gasteiger partial charge >= 0.3 is 0 Å². The fraction of sp³-hybridized carbons (Fsp3) is 0.455. The van der Waals surface area contributed by atoms with Gasteiger partial charge in [0.1, 0.15) is 0 Å². The van der Waals surface area contributed by atoms with E-state index in [-0.39, 0.29) is 0 Å². The van der Waals surface area contributed by atoms with Gasteiger partial charge < -0.3 is 0 Å². The molecule has 0 nitrogen and oxygen atoms in total. The molecule has 0 aromatic rings. The number of hydrogen-bond donors (Lipinski definition) is 0. The molecule has 0 atom stereocenters. The zero-order valence-electron chi connectivity index (χ0n) is 7.80. The molecule has 0 heteroatoms. The molecule has 0 bridgehead atoms. The Labute approximate surface area is 70.3 Å². The van der Waals surface area contributed by atoms with Crippen LogP contribution in [-0.2, 0) is 0 Å². The van der Waals surface area contributed by atoms with Crippen LogP contribution in [0.4, 0.5) is 0 Å². The Hall–Kier alpha value is -0.780. The normalized spacial score (nSPS) is 13.5. The molecular formula is C11H18. The highest BCUT2D eigenvalue weighted by molar-refractivity contribution is 5.17. The average molecular weight is 150 g/mol. The van der Waals surface area contributed by atoms with Crippen LogP contribution in [0.5, 0.6) is 0 Å². The van der Waals surface area contributed by atoms with E-state index in [4.69, 9.17) is 0 Å². The molecule has 0 saturated carbocycles. The van der Waals surface area contributed by atoms with Gasteiger partial charge in [0.25, 0.3) is 0 Å². The van der Waals surface area contributed by atoms with E-state index < -0.39 is 0 Å². The summed E-state index contributed by atoms with van der Waals surface area (Å²) in [7, 11) is 0. The Morgan fingerprint density at radius 1 is 1.09 bits per heavy atom. The molecule has 0 heterocycles. The van der Waals surface area contributed by atoms with Crippen LogP contribution in [0.1, 0.15) is 33.6 Å². The van der Waals surface area contributed by atoms with Crippen molar-refractivity contribution in [2.45, 2.75) is 33.6 Å². The van der Waals surface area contributed by atoms with Crippen molar-refractivity contribution in [3.63, 3.8) is 0 Å². The molecule has 0 saturated heterocycles. The van der Waals surface area contributed by atoms with E-state index in [0.717, 1.165) is 12.8 Å². The molecule has 0 aliphatic carbocycles. The molecule has 0 aromatic carbocycles. The summed E-state index contributed by atoms with van der Waals surface area (Å²) in [5.74, 6) is 0. The summed E-state index contributed by atoms with van der Waals surface area (Å²) in [5, 5.41) is 0. The van der Waals surface area contributed by atoms with Crippen LogP contribution in [0.2, 0.25) is 0 Å². The summed E-state index contributed by atoms with van der Waals surface area (Å²) in [6.07, 6.45) is 13.0. The van der Waals surface area contributed by atoms with E-state index in [1.54, 1.807) is 0 Å². The van der Waals surface area contributed by atoms with Crippen molar-refractivity contribution in [3.8, 4) is 0 Å². The second-order valence-electron chi connectivity index (χ2n) is 2.47. The van der Waals surface area contributed by atoms with Crippen molar-refractivity contribution < 1.29 is 0 Å². The Balaban J connectivity index is 3.71. The van der Waals surface area contributed by atoms with Crippen LogP contribution in [0.15, 0.2) is 36.0 Å². The zero-order valence-corrected chi connectivity index (χ0v) is 7.80. The minimum absolute atomic E-state index is 1.15. The third-order valence-corrected chi connectivity index (χ3v) is 1.59. The average Bonchev–Trinajstić information content (AvgIpc) is 2.03. The summed E-state index contributed by atoms with van der Waals surface area (Å²) in [6, 6.07) is 0. The van der Waals surface area contributed by atoms with E-state index in [9.17, 15) is 0 Å². The van der Waals surface area contributed by atoms with Gasteiger partial charge in [-0.05, 0) is 33.6 Å². The van der Waals surface area contributed by atoms with Gasteiger partial charge in [0.15, 0.2) is 0 Å². The first-order valence-electron chi connectivity index (χ1n) is 4.24. The molecule has 0 radical (unpaired) electrons. The van der Waals surface area contributed by atoms with Gasteiger partial charge in [0.2, 0.25) is 0 Å². The van der Waals surface area contributed by atoms with Crippen LogP contribution in [0.3, 0.4) is 0 Å². The number of rotatable bonds is 4. The van der Waals surface area contributed by atoms with Crippen molar-refractivity contribution in [2.24, 2.45) is 0 Å². The molecular weight excluding hydrogens is 132 g/mol. The highest BCUT2D eigenvalue weighted by atomic mass is 13.9. The van der Waals surface area contributed by atoms with E-state index in [1.807, 2.05) is 0 Å². The summed E-state index contributed by atoms with van der Waals surface area (Å²) in [6.45, 7) is 6.20. The van der Waals surface area contributed by atoms with Crippen molar-refractivity contribution in [3.05, 3.63) is 36.0 Å². The lowest BCUT2D eigenvalue weighted by molar-refractivity contribution is 1.00. The minimum atomic E-state index is 1.15. The van der Waals surface area contributed by atoms with E-state index in [2.05, 4.69) is 51.2 Å². The summed E-state index contributed by atoms with van der Waals surface area (Å²) in [4.78, 5) is 0. The molecule has 11 heavy (non-hydrogen) atoms. The smallest absolute Gasteiger partial charge is 0.0248 e. The SMILES string of the molecule is C/C=C\C(=C/C)CC/C=C/C. The van der Waals surface area contributed by atoms with Gasteiger partial charge in [-0.3, -0.25) is 0 Å². The highest BCUT2D eigenvalue weighted by Crippen LogP contribution is 2.06. The molecule has 0 N–H and O–H groups in total. The first kappa shape index (κ1) is 10.2. The molecule has 0 fully saturated rings. The predicted octanol–water partition coefficient (Wildman–Crippen LogP) is 3.87. The van der Waals surface area contributed by atoms with E-state index in [0.29, 0.717) is 0 Å². The first-order valence-corrected chi connectivity index (χ1v) is 4.24. The van der Waals surface area contributed by atoms with Crippen LogP contribution >= 0.6 is 0 Å². The molecule has 0 rings (SSSR count). The Kier molecular flexibility index (Phi) is 6.81. The Bertz CT molecular complexity index is 159. The third kappa shape index (κ3) is 5.65. The van der Waals surface area contributed by atoms with Crippen molar-refractivity contribution in [1.82, 2.24) is 0 Å². The second-order valence-corrected chi connectivity index (χ2v) is 2.47. The Morgan fingerprint density at radius 2 is 1.82 bits per heavy atom. The van der Waals surface area contributed by atoms with Gasteiger partial charge in [-0.2, -0.15) is 0 Å². The van der Waals surface area contributed by atoms with Gasteiger partial charge in [0.05, 0.1) is 0 Å². The largest absolute Gasteiger partial charge is 0.0917 e. The van der Waals surface area contributed by atoms with Gasteiger partial charge in [-0.15, -0.1) is 0 Å². The molecule has 62 valence electrons. The number of allylic oxidation sites excluding steroid dienone is 6. The highest BCUT2D eigenvalue weighted by Gasteiger charge is 1.86. The third-order valence-electron chi connectivity index (χ3n) is 1.59. The molecule has 0 unspecified atom stereocenters. The maximum Gasteiger partial charge on any atom is -0.0248 e. The summed E-state index contributed by atoms with van der Waals surface area (Å²) >= 11 is 0. The molecule has 0 aromatic heterocycles. The van der Waals surface area contributed by atoms with Crippen molar-refractivity contribution >= 4 is 0 Å². The van der Waals surface area contributed by atoms with Gasteiger partial charge in [-0.1, -0.05) is 36.0 Å². The van der Waals surface area contributed by atoms with Crippen molar-refractivity contribution in [1.29, 1.82) is 0 Å². The standard InChI is InChI=1S/C11H18/c1-4-7-8-10-11(6-3)9-5-2/h4-7,9H,8,10H2,1-3H3/b7-4+,9-5-,11-6+. The lowest BCUT2D eigenvalue weighted by Crippen LogP contribution is -1.76. The summed E-state index contributed by atoms with van der Waals surface area (Å²) < 4.78 is 0. The quantitative estimate of drug-likeness (QED) is 0.421. The van der Waals surface area contributed by atoms with Gasteiger partial charge in [-0.25, -0.2) is 0 Å². The summed E-state index contributed by atoms with van der Waals surface area (Å²) in [5.41, 5.74) is 1.42. The Morgan fingerprint density at radius 3 is 2.27 bits per heavy atom. The predicted molar refractivity (Wildman–Crippen MR) is 52.6 cm³/mol.